The molecule has 1 amide bonds. The summed E-state index contributed by atoms with van der Waals surface area (Å²) in [6, 6.07) is 11.8. The number of carbonyl (C=O) groups is 1. The Bertz CT molecular complexity index is 1150. The van der Waals surface area contributed by atoms with E-state index in [1.165, 1.54) is 35.2 Å². The lowest BCUT2D eigenvalue weighted by Gasteiger charge is -2.17. The minimum absolute atomic E-state index is 0.247. The maximum Gasteiger partial charge on any atom is 0.244 e. The molecule has 3 rings (SSSR count). The van der Waals surface area contributed by atoms with Gasteiger partial charge in [-0.1, -0.05) is 42.0 Å². The molecule has 0 aliphatic heterocycles. The van der Waals surface area contributed by atoms with Crippen molar-refractivity contribution in [3.63, 3.8) is 0 Å². The summed E-state index contributed by atoms with van der Waals surface area (Å²) in [6.45, 7) is 1.99. The van der Waals surface area contributed by atoms with Gasteiger partial charge in [-0.05, 0) is 37.5 Å². The molecule has 164 valence electrons. The van der Waals surface area contributed by atoms with Crippen molar-refractivity contribution < 1.29 is 17.6 Å². The molecule has 2 N–H and O–H groups in total. The van der Waals surface area contributed by atoms with Gasteiger partial charge in [0, 0.05) is 10.9 Å². The van der Waals surface area contributed by atoms with Gasteiger partial charge in [0.05, 0.1) is 5.69 Å². The SMILES string of the molecule is CSCCC(NS(=O)(=O)c1ccccc1F)C(=O)Nc1nc(-c2ccc(C)cc2)cs1. The number of aryl methyl sites for hydroxylation is 1. The van der Waals surface area contributed by atoms with Crippen LogP contribution in [0.2, 0.25) is 0 Å². The molecule has 3 aromatic rings. The van der Waals surface area contributed by atoms with Gasteiger partial charge in [0.2, 0.25) is 15.9 Å². The van der Waals surface area contributed by atoms with Crippen LogP contribution in [0, 0.1) is 12.7 Å². The number of hydrogen-bond acceptors (Lipinski definition) is 6. The molecule has 1 unspecified atom stereocenters. The number of thiazole rings is 1. The lowest BCUT2D eigenvalue weighted by atomic mass is 10.1. The van der Waals surface area contributed by atoms with Crippen molar-refractivity contribution in [2.75, 3.05) is 17.3 Å². The molecule has 10 heteroatoms. The Kier molecular flexibility index (Phi) is 7.82. The number of nitrogens with one attached hydrogen (secondary N) is 2. The number of halogens is 1. The van der Waals surface area contributed by atoms with E-state index in [1.807, 2.05) is 42.8 Å². The average Bonchev–Trinajstić information content (AvgIpc) is 3.20. The van der Waals surface area contributed by atoms with Gasteiger partial charge in [-0.3, -0.25) is 4.79 Å². The molecule has 0 saturated carbocycles. The first-order valence-corrected chi connectivity index (χ1v) is 13.1. The molecule has 1 aromatic heterocycles. The predicted octanol–water partition coefficient (Wildman–Crippen LogP) is 4.30. The molecule has 2 aromatic carbocycles. The summed E-state index contributed by atoms with van der Waals surface area (Å²) in [5.74, 6) is -0.870. The third kappa shape index (κ3) is 6.13. The second-order valence-electron chi connectivity index (χ2n) is 6.78. The minimum Gasteiger partial charge on any atom is -0.301 e. The third-order valence-corrected chi connectivity index (χ3v) is 7.34. The van der Waals surface area contributed by atoms with E-state index in [0.717, 1.165) is 23.3 Å². The van der Waals surface area contributed by atoms with E-state index in [9.17, 15) is 17.6 Å². The van der Waals surface area contributed by atoms with Gasteiger partial charge in [0.15, 0.2) is 5.13 Å². The van der Waals surface area contributed by atoms with Gasteiger partial charge < -0.3 is 5.32 Å². The Hall–Kier alpha value is -2.27. The number of hydrogen-bond donors (Lipinski definition) is 2. The number of thioether (sulfide) groups is 1. The van der Waals surface area contributed by atoms with Gasteiger partial charge in [-0.25, -0.2) is 17.8 Å². The van der Waals surface area contributed by atoms with E-state index in [-0.39, 0.29) is 6.42 Å². The molecule has 1 heterocycles. The lowest BCUT2D eigenvalue weighted by Crippen LogP contribution is -2.44. The van der Waals surface area contributed by atoms with Gasteiger partial charge in [-0.15, -0.1) is 11.3 Å². The Labute approximate surface area is 189 Å². The molecule has 1 atom stereocenters. The van der Waals surface area contributed by atoms with Crippen LogP contribution in [0.15, 0.2) is 58.8 Å². The van der Waals surface area contributed by atoms with Crippen LogP contribution in [0.25, 0.3) is 11.3 Å². The smallest absolute Gasteiger partial charge is 0.244 e. The van der Waals surface area contributed by atoms with Crippen LogP contribution in [-0.2, 0) is 14.8 Å². The number of amides is 1. The summed E-state index contributed by atoms with van der Waals surface area (Å²) < 4.78 is 41.6. The quantitative estimate of drug-likeness (QED) is 0.478. The molecule has 0 aliphatic carbocycles. The summed E-state index contributed by atoms with van der Waals surface area (Å²) in [5, 5.41) is 4.86. The molecule has 0 saturated heterocycles. The largest absolute Gasteiger partial charge is 0.301 e. The normalized spacial score (nSPS) is 12.5. The zero-order valence-electron chi connectivity index (χ0n) is 17.0. The fraction of sp³-hybridized carbons (Fsp3) is 0.238. The Morgan fingerprint density at radius 3 is 2.58 bits per heavy atom. The monoisotopic (exact) mass is 479 g/mol. The van der Waals surface area contributed by atoms with Gasteiger partial charge in [0.1, 0.15) is 16.8 Å². The van der Waals surface area contributed by atoms with E-state index >= 15 is 0 Å². The second-order valence-corrected chi connectivity index (χ2v) is 10.3. The van der Waals surface area contributed by atoms with E-state index < -0.39 is 32.7 Å². The van der Waals surface area contributed by atoms with Gasteiger partial charge >= 0.3 is 0 Å². The first-order chi connectivity index (χ1) is 14.8. The number of rotatable bonds is 9. The van der Waals surface area contributed by atoms with Gasteiger partial charge in [-0.2, -0.15) is 16.5 Å². The minimum atomic E-state index is -4.21. The zero-order valence-corrected chi connectivity index (χ0v) is 19.4. The number of carbonyl (C=O) groups excluding carboxylic acids is 1. The third-order valence-electron chi connectivity index (χ3n) is 4.43. The average molecular weight is 480 g/mol. The molecule has 0 fully saturated rings. The van der Waals surface area contributed by atoms with E-state index in [4.69, 9.17) is 0 Å². The van der Waals surface area contributed by atoms with E-state index in [1.54, 1.807) is 0 Å². The van der Waals surface area contributed by atoms with Crippen molar-refractivity contribution in [1.82, 2.24) is 9.71 Å². The second kappa shape index (κ2) is 10.4. The van der Waals surface area contributed by atoms with Crippen LogP contribution in [-0.4, -0.2) is 37.4 Å². The molecule has 6 nitrogen and oxygen atoms in total. The molecular formula is C21H22FN3O3S3. The van der Waals surface area contributed by atoms with Crippen LogP contribution in [0.1, 0.15) is 12.0 Å². The van der Waals surface area contributed by atoms with Crippen molar-refractivity contribution >= 4 is 44.2 Å². The molecule has 0 aliphatic rings. The number of aromatic nitrogens is 1. The number of benzene rings is 2. The van der Waals surface area contributed by atoms with Crippen LogP contribution >= 0.6 is 23.1 Å². The van der Waals surface area contributed by atoms with E-state index in [0.29, 0.717) is 16.6 Å². The summed E-state index contributed by atoms with van der Waals surface area (Å²) >= 11 is 2.73. The lowest BCUT2D eigenvalue weighted by molar-refractivity contribution is -0.117. The predicted molar refractivity (Wildman–Crippen MR) is 124 cm³/mol. The highest BCUT2D eigenvalue weighted by Crippen LogP contribution is 2.25. The Morgan fingerprint density at radius 2 is 1.90 bits per heavy atom. The Morgan fingerprint density at radius 1 is 1.19 bits per heavy atom. The number of sulfonamides is 1. The number of nitrogens with zero attached hydrogens (tertiary/aromatic N) is 1. The zero-order chi connectivity index (χ0) is 22.4. The first kappa shape index (κ1) is 23.4. The van der Waals surface area contributed by atoms with Crippen molar-refractivity contribution in [2.24, 2.45) is 0 Å². The maximum absolute atomic E-state index is 14.0. The summed E-state index contributed by atoms with van der Waals surface area (Å²) in [5.41, 5.74) is 2.76. The van der Waals surface area contributed by atoms with Crippen LogP contribution in [0.4, 0.5) is 9.52 Å². The van der Waals surface area contributed by atoms with Crippen molar-refractivity contribution in [3.8, 4) is 11.3 Å². The van der Waals surface area contributed by atoms with Crippen molar-refractivity contribution in [1.29, 1.82) is 0 Å². The highest BCUT2D eigenvalue weighted by atomic mass is 32.2. The fourth-order valence-corrected chi connectivity index (χ4v) is 5.28. The van der Waals surface area contributed by atoms with Crippen LogP contribution in [0.5, 0.6) is 0 Å². The van der Waals surface area contributed by atoms with Crippen molar-refractivity contribution in [3.05, 3.63) is 65.3 Å². The topological polar surface area (TPSA) is 88.2 Å². The summed E-state index contributed by atoms with van der Waals surface area (Å²) in [6.07, 6.45) is 2.10. The highest BCUT2D eigenvalue weighted by Gasteiger charge is 2.28. The van der Waals surface area contributed by atoms with Gasteiger partial charge in [0.25, 0.3) is 0 Å². The Balaban J connectivity index is 1.76. The summed E-state index contributed by atoms with van der Waals surface area (Å²) in [7, 11) is -4.21. The highest BCUT2D eigenvalue weighted by molar-refractivity contribution is 7.98. The van der Waals surface area contributed by atoms with Crippen LogP contribution < -0.4 is 10.0 Å². The fourth-order valence-electron chi connectivity index (χ4n) is 2.77. The molecular weight excluding hydrogens is 457 g/mol. The van der Waals surface area contributed by atoms with E-state index in [2.05, 4.69) is 15.0 Å². The number of anilines is 1. The van der Waals surface area contributed by atoms with Crippen molar-refractivity contribution in [2.45, 2.75) is 24.3 Å². The maximum atomic E-state index is 14.0. The summed E-state index contributed by atoms with van der Waals surface area (Å²) in [4.78, 5) is 16.8. The first-order valence-electron chi connectivity index (χ1n) is 9.39. The molecule has 31 heavy (non-hydrogen) atoms. The standard InChI is InChI=1S/C21H22FN3O3S3/c1-14-7-9-15(10-8-14)18-13-30-21(23-18)24-20(26)17(11-12-29-2)25-31(27,28)19-6-4-3-5-16(19)22/h3-10,13,17,25H,11-12H2,1-2H3,(H,23,24,26). The van der Waals surface area contributed by atoms with Crippen LogP contribution in [0.3, 0.4) is 0 Å². The molecule has 0 spiro atoms. The molecule has 0 radical (unpaired) electrons. The molecule has 0 bridgehead atoms.